The highest BCUT2D eigenvalue weighted by atomic mass is 32.2. The number of amides is 1. The molecule has 0 aliphatic carbocycles. The van der Waals surface area contributed by atoms with Crippen molar-refractivity contribution in [2.75, 3.05) is 33.2 Å². The summed E-state index contributed by atoms with van der Waals surface area (Å²) in [5.74, 6) is 1.23. The number of hydrogen-bond acceptors (Lipinski definition) is 9. The van der Waals surface area contributed by atoms with Crippen molar-refractivity contribution in [3.8, 4) is 17.2 Å². The van der Waals surface area contributed by atoms with Crippen molar-refractivity contribution in [2.24, 2.45) is 4.99 Å². The predicted octanol–water partition coefficient (Wildman–Crippen LogP) is 3.55. The Morgan fingerprint density at radius 1 is 1.00 bits per heavy atom. The SMILES string of the molecule is COc1cc(CNC(=O)[C@]2(CCS(=O)(=O)c3ccccc3)N=C(c3ccc(OCCCO)cc3)O[C@@H]2C)cc(OC)c1. The van der Waals surface area contributed by atoms with Gasteiger partial charge in [-0.1, -0.05) is 18.2 Å². The van der Waals surface area contributed by atoms with Gasteiger partial charge in [0.1, 0.15) is 23.4 Å². The molecule has 0 saturated carbocycles. The lowest BCUT2D eigenvalue weighted by molar-refractivity contribution is -0.128. The van der Waals surface area contributed by atoms with E-state index in [0.717, 1.165) is 5.56 Å². The van der Waals surface area contributed by atoms with Crippen LogP contribution in [0.3, 0.4) is 0 Å². The molecular formula is C31H36N2O8S. The van der Waals surface area contributed by atoms with Crippen molar-refractivity contribution in [2.45, 2.75) is 42.8 Å². The van der Waals surface area contributed by atoms with Gasteiger partial charge in [0.2, 0.25) is 5.90 Å². The molecule has 1 amide bonds. The van der Waals surface area contributed by atoms with Crippen molar-refractivity contribution >= 4 is 21.6 Å². The van der Waals surface area contributed by atoms with E-state index in [1.54, 1.807) is 81.8 Å². The fraction of sp³-hybridized carbons (Fsp3) is 0.355. The molecule has 1 aliphatic heterocycles. The maximum atomic E-state index is 13.9. The number of aliphatic imine (C=N–C) groups is 1. The average molecular weight is 597 g/mol. The van der Waals surface area contributed by atoms with E-state index in [4.69, 9.17) is 29.0 Å². The fourth-order valence-corrected chi connectivity index (χ4v) is 5.98. The first-order valence-corrected chi connectivity index (χ1v) is 15.2. The molecule has 0 radical (unpaired) electrons. The number of carbonyl (C=O) groups is 1. The molecule has 1 heterocycles. The van der Waals surface area contributed by atoms with Gasteiger partial charge in [0.05, 0.1) is 31.5 Å². The Kier molecular flexibility index (Phi) is 10.1. The van der Waals surface area contributed by atoms with Gasteiger partial charge in [0, 0.05) is 31.2 Å². The molecule has 1 aliphatic rings. The molecule has 0 saturated heterocycles. The van der Waals surface area contributed by atoms with Crippen LogP contribution in [0, 0.1) is 0 Å². The van der Waals surface area contributed by atoms with Gasteiger partial charge in [-0.3, -0.25) is 4.79 Å². The second-order valence-electron chi connectivity index (χ2n) is 9.84. The van der Waals surface area contributed by atoms with Crippen LogP contribution >= 0.6 is 0 Å². The molecule has 0 spiro atoms. The average Bonchev–Trinajstić information content (AvgIpc) is 3.36. The minimum atomic E-state index is -3.70. The van der Waals surface area contributed by atoms with Gasteiger partial charge >= 0.3 is 0 Å². The van der Waals surface area contributed by atoms with Crippen molar-refractivity contribution in [1.29, 1.82) is 0 Å². The number of carbonyl (C=O) groups excluding carboxylic acids is 1. The zero-order chi connectivity index (χ0) is 30.2. The van der Waals surface area contributed by atoms with Crippen LogP contribution in [0.1, 0.15) is 30.9 Å². The minimum Gasteiger partial charge on any atom is -0.497 e. The lowest BCUT2D eigenvalue weighted by atomic mass is 9.90. The third-order valence-electron chi connectivity index (χ3n) is 7.05. The largest absolute Gasteiger partial charge is 0.497 e. The molecule has 42 heavy (non-hydrogen) atoms. The summed E-state index contributed by atoms with van der Waals surface area (Å²) >= 11 is 0. The Hall–Kier alpha value is -4.09. The Morgan fingerprint density at radius 2 is 1.67 bits per heavy atom. The first kappa shape index (κ1) is 30.9. The quantitative estimate of drug-likeness (QED) is 0.270. The molecule has 0 aromatic heterocycles. The number of nitrogens with zero attached hydrogens (tertiary/aromatic N) is 1. The van der Waals surface area contributed by atoms with Crippen molar-refractivity contribution < 1.29 is 37.3 Å². The summed E-state index contributed by atoms with van der Waals surface area (Å²) in [5, 5.41) is 11.9. The minimum absolute atomic E-state index is 0.0378. The van der Waals surface area contributed by atoms with Gasteiger partial charge in [0.25, 0.3) is 5.91 Å². The van der Waals surface area contributed by atoms with Crippen LogP contribution in [0.4, 0.5) is 0 Å². The van der Waals surface area contributed by atoms with Gasteiger partial charge in [-0.2, -0.15) is 0 Å². The van der Waals surface area contributed by atoms with Crippen molar-refractivity contribution in [3.05, 3.63) is 83.9 Å². The second-order valence-corrected chi connectivity index (χ2v) is 11.9. The molecule has 11 heteroatoms. The Balaban J connectivity index is 1.61. The van der Waals surface area contributed by atoms with E-state index in [-0.39, 0.29) is 36.1 Å². The molecular weight excluding hydrogens is 560 g/mol. The molecule has 4 rings (SSSR count). The topological polar surface area (TPSA) is 133 Å². The summed E-state index contributed by atoms with van der Waals surface area (Å²) < 4.78 is 48.8. The third kappa shape index (κ3) is 7.21. The number of hydrogen-bond donors (Lipinski definition) is 2. The Bertz CT molecular complexity index is 1470. The molecule has 2 atom stereocenters. The van der Waals surface area contributed by atoms with Crippen LogP contribution in [0.15, 0.2) is 82.7 Å². The molecule has 0 fully saturated rings. The lowest BCUT2D eigenvalue weighted by Gasteiger charge is -2.28. The number of aliphatic hydroxyl groups excluding tert-OH is 1. The first-order valence-electron chi connectivity index (χ1n) is 13.6. The fourth-order valence-electron chi connectivity index (χ4n) is 4.59. The summed E-state index contributed by atoms with van der Waals surface area (Å²) in [5.41, 5.74) is -0.148. The van der Waals surface area contributed by atoms with Crippen molar-refractivity contribution in [3.63, 3.8) is 0 Å². The highest BCUT2D eigenvalue weighted by Gasteiger charge is 2.50. The van der Waals surface area contributed by atoms with E-state index in [0.29, 0.717) is 35.8 Å². The van der Waals surface area contributed by atoms with E-state index < -0.39 is 27.4 Å². The number of sulfone groups is 1. The van der Waals surface area contributed by atoms with Gasteiger partial charge in [-0.05, 0) is 67.4 Å². The summed E-state index contributed by atoms with van der Waals surface area (Å²) in [7, 11) is -0.614. The Labute approximate surface area is 246 Å². The van der Waals surface area contributed by atoms with Crippen LogP contribution in [-0.2, 0) is 25.9 Å². The standard InChI is InChI=1S/C31H36N2O8S/c1-22-31(14-17-42(36,37)28-8-5-4-6-9-28,30(35)32-21-23-18-26(38-2)20-27(19-23)39-3)33-29(41-22)24-10-12-25(13-11-24)40-16-7-15-34/h4-6,8-13,18-20,22,34H,7,14-17,21H2,1-3H3,(H,32,35)/t22-,31-/m1/s1. The summed E-state index contributed by atoms with van der Waals surface area (Å²) in [6.45, 7) is 2.27. The first-order chi connectivity index (χ1) is 20.2. The van der Waals surface area contributed by atoms with E-state index in [1.807, 2.05) is 0 Å². The monoisotopic (exact) mass is 596 g/mol. The molecule has 3 aromatic carbocycles. The molecule has 0 bridgehead atoms. The summed E-state index contributed by atoms with van der Waals surface area (Å²) in [4.78, 5) is 18.8. The highest BCUT2D eigenvalue weighted by molar-refractivity contribution is 7.91. The molecule has 0 unspecified atom stereocenters. The maximum Gasteiger partial charge on any atom is 0.252 e. The number of ether oxygens (including phenoxy) is 4. The van der Waals surface area contributed by atoms with Crippen LogP contribution < -0.4 is 19.5 Å². The number of methoxy groups -OCH3 is 2. The summed E-state index contributed by atoms with van der Waals surface area (Å²) in [6, 6.07) is 20.4. The van der Waals surface area contributed by atoms with Gasteiger partial charge < -0.3 is 29.4 Å². The van der Waals surface area contributed by atoms with Crippen LogP contribution in [-0.4, -0.2) is 70.2 Å². The van der Waals surface area contributed by atoms with Crippen LogP contribution in [0.25, 0.3) is 0 Å². The second kappa shape index (κ2) is 13.7. The van der Waals surface area contributed by atoms with Gasteiger partial charge in [-0.25, -0.2) is 13.4 Å². The van der Waals surface area contributed by atoms with Gasteiger partial charge in [0.15, 0.2) is 15.4 Å². The van der Waals surface area contributed by atoms with E-state index >= 15 is 0 Å². The number of aliphatic hydroxyl groups is 1. The zero-order valence-corrected chi connectivity index (χ0v) is 24.7. The molecule has 2 N–H and O–H groups in total. The lowest BCUT2D eigenvalue weighted by Crippen LogP contribution is -2.51. The number of benzene rings is 3. The highest BCUT2D eigenvalue weighted by Crippen LogP contribution is 2.34. The molecule has 10 nitrogen and oxygen atoms in total. The van der Waals surface area contributed by atoms with Crippen LogP contribution in [0.2, 0.25) is 0 Å². The normalized spacial score (nSPS) is 18.1. The molecule has 224 valence electrons. The Morgan fingerprint density at radius 3 is 2.29 bits per heavy atom. The number of rotatable bonds is 14. The van der Waals surface area contributed by atoms with Crippen LogP contribution in [0.5, 0.6) is 17.2 Å². The maximum absolute atomic E-state index is 13.9. The van der Waals surface area contributed by atoms with Gasteiger partial charge in [-0.15, -0.1) is 0 Å². The molecule has 3 aromatic rings. The van der Waals surface area contributed by atoms with E-state index in [9.17, 15) is 13.2 Å². The van der Waals surface area contributed by atoms with E-state index in [1.165, 1.54) is 12.1 Å². The zero-order valence-electron chi connectivity index (χ0n) is 23.9. The number of nitrogens with one attached hydrogen (secondary N) is 1. The third-order valence-corrected chi connectivity index (χ3v) is 8.78. The van der Waals surface area contributed by atoms with Crippen molar-refractivity contribution in [1.82, 2.24) is 5.32 Å². The smallest absolute Gasteiger partial charge is 0.252 e. The van der Waals surface area contributed by atoms with E-state index in [2.05, 4.69) is 5.32 Å². The summed E-state index contributed by atoms with van der Waals surface area (Å²) in [6.07, 6.45) is -0.329. The predicted molar refractivity (Wildman–Crippen MR) is 158 cm³/mol.